The molecular weight excluding hydrogens is 400 g/mol. The minimum atomic E-state index is 0.263. The Balaban J connectivity index is 1.31. The van der Waals surface area contributed by atoms with Gasteiger partial charge in [0.05, 0.1) is 0 Å². The molecule has 27 heavy (non-hydrogen) atoms. The van der Waals surface area contributed by atoms with Crippen LogP contribution >= 0.6 is 15.9 Å². The lowest BCUT2D eigenvalue weighted by molar-refractivity contribution is -0.130. The molecule has 0 atom stereocenters. The number of carbonyl (C=O) groups excluding carboxylic acids is 1. The van der Waals surface area contributed by atoms with Gasteiger partial charge in [0.2, 0.25) is 5.91 Å². The third-order valence-electron chi connectivity index (χ3n) is 5.27. The van der Waals surface area contributed by atoms with Crippen LogP contribution in [0.4, 0.5) is 0 Å². The zero-order valence-corrected chi connectivity index (χ0v) is 16.8. The number of benzene rings is 2. The fourth-order valence-corrected chi connectivity index (χ4v) is 4.12. The standard InChI is InChI=1S/C23H23BrN2O/c24-20-9-10-22-21(15-20)19(16-25-22)7-4-8-23(27)26-13-11-18(12-14-26)17-5-2-1-3-6-17/h1-3,5-6,9-11,15-16,25H,4,7-8,12-14H2. The smallest absolute Gasteiger partial charge is 0.222 e. The lowest BCUT2D eigenvalue weighted by Crippen LogP contribution is -2.34. The number of hydrogen-bond donors (Lipinski definition) is 1. The quantitative estimate of drug-likeness (QED) is 0.572. The van der Waals surface area contributed by atoms with Gasteiger partial charge in [-0.15, -0.1) is 0 Å². The molecule has 138 valence electrons. The summed E-state index contributed by atoms with van der Waals surface area (Å²) in [5.74, 6) is 0.263. The minimum absolute atomic E-state index is 0.263. The van der Waals surface area contributed by atoms with Gasteiger partial charge in [-0.2, -0.15) is 0 Å². The van der Waals surface area contributed by atoms with Crippen molar-refractivity contribution in [2.24, 2.45) is 0 Å². The summed E-state index contributed by atoms with van der Waals surface area (Å²) in [4.78, 5) is 17.9. The Morgan fingerprint density at radius 2 is 2.00 bits per heavy atom. The number of hydrogen-bond acceptors (Lipinski definition) is 1. The van der Waals surface area contributed by atoms with E-state index in [1.165, 1.54) is 22.1 Å². The van der Waals surface area contributed by atoms with E-state index in [9.17, 15) is 4.79 Å². The summed E-state index contributed by atoms with van der Waals surface area (Å²) >= 11 is 3.54. The molecule has 4 rings (SSSR count). The molecule has 3 nitrogen and oxygen atoms in total. The molecule has 1 N–H and O–H groups in total. The highest BCUT2D eigenvalue weighted by Crippen LogP contribution is 2.25. The minimum Gasteiger partial charge on any atom is -0.361 e. The second-order valence-corrected chi connectivity index (χ2v) is 7.96. The van der Waals surface area contributed by atoms with E-state index in [-0.39, 0.29) is 5.91 Å². The first kappa shape index (κ1) is 18.1. The summed E-state index contributed by atoms with van der Waals surface area (Å²) in [6.07, 6.45) is 7.61. The Labute approximate surface area is 168 Å². The van der Waals surface area contributed by atoms with Gasteiger partial charge in [-0.3, -0.25) is 4.79 Å². The molecular formula is C23H23BrN2O. The van der Waals surface area contributed by atoms with Gasteiger partial charge in [-0.1, -0.05) is 52.3 Å². The molecule has 0 spiro atoms. The number of H-pyrrole nitrogens is 1. The Bertz CT molecular complexity index is 974. The molecule has 2 heterocycles. The van der Waals surface area contributed by atoms with Crippen LogP contribution in [0.1, 0.15) is 30.4 Å². The van der Waals surface area contributed by atoms with Gasteiger partial charge in [0.1, 0.15) is 0 Å². The molecule has 1 aromatic heterocycles. The first-order valence-electron chi connectivity index (χ1n) is 9.48. The van der Waals surface area contributed by atoms with E-state index in [0.717, 1.165) is 42.3 Å². The predicted octanol–water partition coefficient (Wildman–Crippen LogP) is 5.57. The molecule has 0 aliphatic carbocycles. The fraction of sp³-hybridized carbons (Fsp3) is 0.261. The van der Waals surface area contributed by atoms with Gasteiger partial charge in [0.15, 0.2) is 0 Å². The third kappa shape index (κ3) is 4.16. The zero-order valence-electron chi connectivity index (χ0n) is 15.2. The number of carbonyl (C=O) groups is 1. The molecule has 0 radical (unpaired) electrons. The van der Waals surface area contributed by atoms with Crippen molar-refractivity contribution >= 4 is 38.3 Å². The van der Waals surface area contributed by atoms with Crippen molar-refractivity contribution in [3.63, 3.8) is 0 Å². The number of rotatable bonds is 5. The van der Waals surface area contributed by atoms with Crippen LogP contribution in [0.5, 0.6) is 0 Å². The van der Waals surface area contributed by atoms with Crippen LogP contribution in [-0.4, -0.2) is 28.9 Å². The van der Waals surface area contributed by atoms with Crippen LogP contribution < -0.4 is 0 Å². The summed E-state index contributed by atoms with van der Waals surface area (Å²) in [6.45, 7) is 1.54. The Morgan fingerprint density at radius 3 is 2.78 bits per heavy atom. The van der Waals surface area contributed by atoms with Gasteiger partial charge < -0.3 is 9.88 Å². The molecule has 0 saturated carbocycles. The molecule has 0 saturated heterocycles. The first-order valence-corrected chi connectivity index (χ1v) is 10.3. The fourth-order valence-electron chi connectivity index (χ4n) is 3.76. The number of nitrogens with one attached hydrogen (secondary N) is 1. The number of aryl methyl sites for hydroxylation is 1. The number of fused-ring (bicyclic) bond motifs is 1. The number of nitrogens with zero attached hydrogens (tertiary/aromatic N) is 1. The molecule has 3 aromatic rings. The van der Waals surface area contributed by atoms with Crippen molar-refractivity contribution in [2.75, 3.05) is 13.1 Å². The second-order valence-electron chi connectivity index (χ2n) is 7.04. The topological polar surface area (TPSA) is 36.1 Å². The maximum atomic E-state index is 12.6. The number of aromatic nitrogens is 1. The Kier molecular flexibility index (Phi) is 5.44. The lowest BCUT2D eigenvalue weighted by Gasteiger charge is -2.26. The first-order chi connectivity index (χ1) is 13.2. The summed E-state index contributed by atoms with van der Waals surface area (Å²) in [7, 11) is 0. The van der Waals surface area contributed by atoms with Crippen molar-refractivity contribution in [1.82, 2.24) is 9.88 Å². The average Bonchev–Trinajstić information content (AvgIpc) is 3.11. The number of aromatic amines is 1. The maximum Gasteiger partial charge on any atom is 0.222 e. The summed E-state index contributed by atoms with van der Waals surface area (Å²) < 4.78 is 1.08. The molecule has 1 aliphatic rings. The molecule has 0 unspecified atom stereocenters. The third-order valence-corrected chi connectivity index (χ3v) is 5.77. The summed E-state index contributed by atoms with van der Waals surface area (Å²) in [5.41, 5.74) is 5.05. The van der Waals surface area contributed by atoms with Gasteiger partial charge in [0.25, 0.3) is 0 Å². The van der Waals surface area contributed by atoms with Gasteiger partial charge in [0, 0.05) is 41.1 Å². The van der Waals surface area contributed by atoms with Crippen LogP contribution in [0, 0.1) is 0 Å². The van der Waals surface area contributed by atoms with Crippen molar-refractivity contribution in [2.45, 2.75) is 25.7 Å². The van der Waals surface area contributed by atoms with Crippen molar-refractivity contribution in [3.05, 3.63) is 76.4 Å². The highest BCUT2D eigenvalue weighted by molar-refractivity contribution is 9.10. The van der Waals surface area contributed by atoms with E-state index in [2.05, 4.69) is 69.6 Å². The van der Waals surface area contributed by atoms with E-state index in [1.54, 1.807) is 0 Å². The normalized spacial score (nSPS) is 14.4. The van der Waals surface area contributed by atoms with E-state index < -0.39 is 0 Å². The van der Waals surface area contributed by atoms with E-state index in [1.807, 2.05) is 17.0 Å². The zero-order chi connectivity index (χ0) is 18.6. The van der Waals surface area contributed by atoms with Crippen LogP contribution in [0.15, 0.2) is 65.3 Å². The molecule has 0 bridgehead atoms. The highest BCUT2D eigenvalue weighted by atomic mass is 79.9. The lowest BCUT2D eigenvalue weighted by atomic mass is 9.99. The number of halogens is 1. The van der Waals surface area contributed by atoms with E-state index >= 15 is 0 Å². The molecule has 2 aromatic carbocycles. The number of amides is 1. The van der Waals surface area contributed by atoms with Gasteiger partial charge in [-0.25, -0.2) is 0 Å². The molecule has 1 aliphatic heterocycles. The van der Waals surface area contributed by atoms with Gasteiger partial charge >= 0.3 is 0 Å². The van der Waals surface area contributed by atoms with Gasteiger partial charge in [-0.05, 0) is 54.2 Å². The maximum absolute atomic E-state index is 12.6. The highest BCUT2D eigenvalue weighted by Gasteiger charge is 2.17. The monoisotopic (exact) mass is 422 g/mol. The van der Waals surface area contributed by atoms with Crippen LogP contribution in [0.2, 0.25) is 0 Å². The van der Waals surface area contributed by atoms with Crippen molar-refractivity contribution < 1.29 is 4.79 Å². The largest absolute Gasteiger partial charge is 0.361 e. The van der Waals surface area contributed by atoms with Crippen molar-refractivity contribution in [1.29, 1.82) is 0 Å². The van der Waals surface area contributed by atoms with Crippen molar-refractivity contribution in [3.8, 4) is 0 Å². The Morgan fingerprint density at radius 1 is 1.15 bits per heavy atom. The SMILES string of the molecule is O=C(CCCc1c[nH]c2ccc(Br)cc12)N1CC=C(c2ccccc2)CC1. The summed E-state index contributed by atoms with van der Waals surface area (Å²) in [6, 6.07) is 16.7. The molecule has 0 fully saturated rings. The summed E-state index contributed by atoms with van der Waals surface area (Å²) in [5, 5.41) is 1.24. The molecule has 1 amide bonds. The molecule has 4 heteroatoms. The van der Waals surface area contributed by atoms with Crippen LogP contribution in [0.3, 0.4) is 0 Å². The average molecular weight is 423 g/mol. The van der Waals surface area contributed by atoms with E-state index in [4.69, 9.17) is 0 Å². The van der Waals surface area contributed by atoms with Crippen LogP contribution in [0.25, 0.3) is 16.5 Å². The Hall–Kier alpha value is -2.33. The van der Waals surface area contributed by atoms with Crippen LogP contribution in [-0.2, 0) is 11.2 Å². The van der Waals surface area contributed by atoms with E-state index in [0.29, 0.717) is 6.42 Å². The predicted molar refractivity (Wildman–Crippen MR) is 115 cm³/mol. The second kappa shape index (κ2) is 8.13.